The van der Waals surface area contributed by atoms with Gasteiger partial charge in [0.2, 0.25) is 17.7 Å². The van der Waals surface area contributed by atoms with Crippen molar-refractivity contribution < 1.29 is 81.4 Å². The van der Waals surface area contributed by atoms with Gasteiger partial charge in [0.25, 0.3) is 11.8 Å². The van der Waals surface area contributed by atoms with E-state index in [-0.39, 0.29) is 118 Å². The van der Waals surface area contributed by atoms with Crippen LogP contribution in [0, 0.1) is 35.5 Å². The molecule has 5 rings (SSSR count). The molecule has 4 heterocycles. The number of hydrogen-bond acceptors (Lipinski definition) is 18. The van der Waals surface area contributed by atoms with Gasteiger partial charge in [-0.1, -0.05) is 73.1 Å². The van der Waals surface area contributed by atoms with Crippen molar-refractivity contribution in [2.75, 3.05) is 54.6 Å². The maximum Gasteiger partial charge on any atom is 0.408 e. The van der Waals surface area contributed by atoms with E-state index in [4.69, 9.17) is 28.6 Å². The summed E-state index contributed by atoms with van der Waals surface area (Å²) in [6.07, 6.45) is 1.42. The third-order valence-corrected chi connectivity index (χ3v) is 18.2. The number of nitrogens with zero attached hydrogens (tertiary/aromatic N) is 5. The Labute approximate surface area is 543 Å². The average molecular weight is 1290 g/mol. The lowest BCUT2D eigenvalue weighted by molar-refractivity contribution is -0.201. The minimum Gasteiger partial charge on any atom is -0.460 e. The third kappa shape index (κ3) is 21.2. The molecule has 92 heavy (non-hydrogen) atoms. The number of H-pyrrole nitrogens is 1. The van der Waals surface area contributed by atoms with Crippen LogP contribution < -0.4 is 5.32 Å². The third-order valence-electron chi connectivity index (χ3n) is 18.2. The minimum atomic E-state index is -1.36. The molecule has 24 nitrogen and oxygen atoms in total. The molecule has 3 fully saturated rings. The summed E-state index contributed by atoms with van der Waals surface area (Å²) in [5, 5.41) is 5.30. The fourth-order valence-corrected chi connectivity index (χ4v) is 13.1. The van der Waals surface area contributed by atoms with Crippen LogP contribution in [0.15, 0.2) is 30.5 Å². The zero-order chi connectivity index (χ0) is 68.3. The Morgan fingerprint density at radius 1 is 0.783 bits per heavy atom. The SMILES string of the molecule is CC[C@H](C)[C@@H]([C@@H](CC(=O)N1CCC[C@H]1[C@H](OC)[C@@H](C)C(=O)C[C@@H](Cc1c[nH]c2ccccc12)C(=O)N1CCCCO1)OC)N(C)C(=O)[C@@H](CC(=O)[C@H](C(C)C)N(C)CCCC(=O)O[C@H](C)[C@H](NC(=O)OC(C)(C)C)C(=O)CCCC(=O)ON1C(=O)CCC1=O)C(C)C. The number of fused-ring (bicyclic) bond motifs is 1. The quantitative estimate of drug-likeness (QED) is 0.0484. The lowest BCUT2D eigenvalue weighted by Gasteiger charge is -2.41. The molecule has 3 aliphatic heterocycles. The predicted molar refractivity (Wildman–Crippen MR) is 341 cm³/mol. The largest absolute Gasteiger partial charge is 0.460 e. The van der Waals surface area contributed by atoms with Crippen molar-refractivity contribution in [1.29, 1.82) is 0 Å². The number of amides is 6. The summed E-state index contributed by atoms with van der Waals surface area (Å²) in [5.41, 5.74) is 0.940. The molecular weight excluding hydrogens is 1190 g/mol. The van der Waals surface area contributed by atoms with E-state index >= 15 is 0 Å². The topological polar surface area (TPSA) is 287 Å². The summed E-state index contributed by atoms with van der Waals surface area (Å²) in [6.45, 7) is 21.4. The molecule has 2 N–H and O–H groups in total. The minimum absolute atomic E-state index is 0.0433. The smallest absolute Gasteiger partial charge is 0.408 e. The number of rotatable bonds is 36. The Morgan fingerprint density at radius 2 is 1.46 bits per heavy atom. The molecule has 11 atom stereocenters. The molecule has 514 valence electrons. The molecule has 0 saturated carbocycles. The van der Waals surface area contributed by atoms with Gasteiger partial charge in [-0.05, 0) is 116 Å². The van der Waals surface area contributed by atoms with Crippen LogP contribution in [-0.2, 0) is 83.0 Å². The number of imide groups is 1. The summed E-state index contributed by atoms with van der Waals surface area (Å²) < 4.78 is 23.4. The Balaban J connectivity index is 1.20. The number of para-hydroxylation sites is 1. The highest BCUT2D eigenvalue weighted by Crippen LogP contribution is 2.33. The number of alkyl carbamates (subject to hydrolysis) is 1. The molecule has 24 heteroatoms. The molecule has 0 spiro atoms. The second kappa shape index (κ2) is 35.6. The van der Waals surface area contributed by atoms with Crippen molar-refractivity contribution in [2.24, 2.45) is 35.5 Å². The molecule has 3 saturated heterocycles. The van der Waals surface area contributed by atoms with Crippen molar-refractivity contribution in [2.45, 2.75) is 227 Å². The summed E-state index contributed by atoms with van der Waals surface area (Å²) in [7, 11) is 6.56. The molecule has 0 aliphatic carbocycles. The summed E-state index contributed by atoms with van der Waals surface area (Å²) in [6, 6.07) is 4.83. The van der Waals surface area contributed by atoms with Crippen LogP contribution >= 0.6 is 0 Å². The first-order valence-corrected chi connectivity index (χ1v) is 33.1. The number of esters is 1. The highest BCUT2D eigenvalue weighted by Gasteiger charge is 2.45. The maximum absolute atomic E-state index is 15.0. The van der Waals surface area contributed by atoms with Gasteiger partial charge < -0.3 is 43.9 Å². The lowest BCUT2D eigenvalue weighted by atomic mass is 9.83. The van der Waals surface area contributed by atoms with Gasteiger partial charge in [-0.15, -0.1) is 5.06 Å². The summed E-state index contributed by atoms with van der Waals surface area (Å²) in [5.74, 6) is -7.15. The Hall–Kier alpha value is -6.63. The van der Waals surface area contributed by atoms with E-state index in [9.17, 15) is 52.7 Å². The van der Waals surface area contributed by atoms with Gasteiger partial charge in [-0.2, -0.15) is 0 Å². The number of likely N-dealkylation sites (N-methyl/N-ethyl adjacent to an activating group) is 2. The van der Waals surface area contributed by atoms with Crippen molar-refractivity contribution in [3.63, 3.8) is 0 Å². The van der Waals surface area contributed by atoms with Crippen molar-refractivity contribution in [1.82, 2.24) is 35.1 Å². The van der Waals surface area contributed by atoms with Gasteiger partial charge in [0.15, 0.2) is 11.6 Å². The molecule has 3 aliphatic rings. The number of Topliss-reactive ketones (excluding diaryl/α,β-unsaturated/α-hetero) is 3. The second-order valence-electron chi connectivity index (χ2n) is 27.0. The first kappa shape index (κ1) is 76.1. The number of likely N-dealkylation sites (tertiary alicyclic amines) is 1. The van der Waals surface area contributed by atoms with Gasteiger partial charge >= 0.3 is 18.0 Å². The Kier molecular flexibility index (Phi) is 29.4. The van der Waals surface area contributed by atoms with Gasteiger partial charge in [-0.25, -0.2) is 14.7 Å². The number of carbonyl (C=O) groups excluding carboxylic acids is 11. The van der Waals surface area contributed by atoms with E-state index in [1.807, 2.05) is 83.8 Å². The molecule has 2 aromatic rings. The Morgan fingerprint density at radius 3 is 2.07 bits per heavy atom. The van der Waals surface area contributed by atoms with E-state index in [1.165, 1.54) is 19.1 Å². The monoisotopic (exact) mass is 1290 g/mol. The average Bonchev–Trinajstić information content (AvgIpc) is 1.68. The standard InChI is InChI=1S/C68H105N7O17/c1-16-43(6)63(55(87-14)39-58(81)73-33-22-26-51(73)64(88-15)44(7)53(77)37-46(65(84)74-34-19-20-35-89-74)36-47-40-69-50-25-18-17-24-48(47)50)72(13)66(85)49(41(2)3)38-54(78)62(42(4)5)71(12)32-23-29-59(82)90-45(8)61(70-67(86)91-68(9,10)11)52(76)27-21-28-60(83)92-75-56(79)30-31-57(75)80/h17-18,24-25,40-46,49,51,55,61-64,69H,16,19-23,26-39H2,1-15H3,(H,70,86)/t43-,44-,45+,46+,49-,51-,55+,61-,62-,63-,64+/m0/s1. The van der Waals surface area contributed by atoms with Crippen LogP contribution in [0.2, 0.25) is 0 Å². The van der Waals surface area contributed by atoms with Crippen LogP contribution in [0.5, 0.6) is 0 Å². The second-order valence-corrected chi connectivity index (χ2v) is 27.0. The first-order chi connectivity index (χ1) is 43.4. The fraction of sp³-hybridized carbons (Fsp3) is 0.721. The van der Waals surface area contributed by atoms with E-state index < -0.39 is 101 Å². The highest BCUT2D eigenvalue weighted by molar-refractivity contribution is 6.01. The predicted octanol–water partition coefficient (Wildman–Crippen LogP) is 7.90. The van der Waals surface area contributed by atoms with Crippen molar-refractivity contribution >= 4 is 75.8 Å². The van der Waals surface area contributed by atoms with Gasteiger partial charge in [0.1, 0.15) is 23.5 Å². The van der Waals surface area contributed by atoms with Crippen LogP contribution in [0.25, 0.3) is 10.9 Å². The molecular formula is C68H105N7O17. The zero-order valence-electron chi connectivity index (χ0n) is 57.2. The highest BCUT2D eigenvalue weighted by atomic mass is 16.7. The molecule has 0 radical (unpaired) electrons. The number of ether oxygens (including phenoxy) is 4. The van der Waals surface area contributed by atoms with Crippen LogP contribution in [0.4, 0.5) is 4.79 Å². The number of aromatic nitrogens is 1. The number of carbonyl (C=O) groups is 11. The number of benzene rings is 1. The van der Waals surface area contributed by atoms with Gasteiger partial charge in [0.05, 0.1) is 49.3 Å². The molecule has 0 unspecified atom stereocenters. The number of nitrogens with one attached hydrogen (secondary N) is 2. The number of aromatic amines is 1. The molecule has 0 bridgehead atoms. The van der Waals surface area contributed by atoms with E-state index in [0.717, 1.165) is 29.3 Å². The lowest BCUT2D eigenvalue weighted by Crippen LogP contribution is -2.54. The molecule has 1 aromatic carbocycles. The number of ketones is 3. The van der Waals surface area contributed by atoms with Crippen molar-refractivity contribution in [3.05, 3.63) is 36.0 Å². The number of hydroxylamine groups is 4. The Bertz CT molecular complexity index is 2850. The fourth-order valence-electron chi connectivity index (χ4n) is 13.1. The van der Waals surface area contributed by atoms with E-state index in [1.54, 1.807) is 51.8 Å². The van der Waals surface area contributed by atoms with Crippen LogP contribution in [0.3, 0.4) is 0 Å². The van der Waals surface area contributed by atoms with Crippen molar-refractivity contribution in [3.8, 4) is 0 Å². The molecule has 1 aromatic heterocycles. The summed E-state index contributed by atoms with van der Waals surface area (Å²) >= 11 is 0. The van der Waals surface area contributed by atoms with E-state index in [2.05, 4.69) is 10.3 Å². The maximum atomic E-state index is 15.0. The summed E-state index contributed by atoms with van der Waals surface area (Å²) in [4.78, 5) is 168. The van der Waals surface area contributed by atoms with Crippen LogP contribution in [-0.4, -0.2) is 197 Å². The zero-order valence-corrected chi connectivity index (χ0v) is 57.2. The molecule has 6 amide bonds. The number of hydrogen-bond donors (Lipinski definition) is 2. The van der Waals surface area contributed by atoms with Gasteiger partial charge in [-0.3, -0.25) is 52.9 Å². The normalized spacial score (nSPS) is 18.8. The van der Waals surface area contributed by atoms with Crippen LogP contribution in [0.1, 0.15) is 178 Å². The number of methoxy groups -OCH3 is 2. The first-order valence-electron chi connectivity index (χ1n) is 33.1. The van der Waals surface area contributed by atoms with Gasteiger partial charge in [0, 0.05) is 108 Å². The van der Waals surface area contributed by atoms with E-state index in [0.29, 0.717) is 50.4 Å².